The molecule has 0 amide bonds. The zero-order valence-electron chi connectivity index (χ0n) is 12.5. The Labute approximate surface area is 140 Å². The van der Waals surface area contributed by atoms with Crippen molar-refractivity contribution in [3.8, 4) is 0 Å². The van der Waals surface area contributed by atoms with Crippen molar-refractivity contribution in [2.75, 3.05) is 11.7 Å². The number of carbonyl (C=O) groups is 1. The molecule has 2 aromatic rings. The lowest BCUT2D eigenvalue weighted by Crippen LogP contribution is -2.43. The minimum Gasteiger partial charge on any atom is -0.479 e. The van der Waals surface area contributed by atoms with Gasteiger partial charge in [-0.3, -0.25) is 0 Å². The van der Waals surface area contributed by atoms with Crippen LogP contribution in [0.3, 0.4) is 0 Å². The van der Waals surface area contributed by atoms with Crippen molar-refractivity contribution in [2.45, 2.75) is 16.9 Å². The van der Waals surface area contributed by atoms with Crippen LogP contribution in [-0.4, -0.2) is 33.4 Å². The molecule has 2 aromatic carbocycles. The normalized spacial score (nSPS) is 14.0. The Morgan fingerprint density at radius 1 is 1.04 bits per heavy atom. The molecule has 0 aliphatic carbocycles. The van der Waals surface area contributed by atoms with Gasteiger partial charge in [0.1, 0.15) is 0 Å². The SMILES string of the molecule is O=C(O)C(O)(Cc1ccccc1)C[P+](=O)CSc1ccccc1. The van der Waals surface area contributed by atoms with Crippen LogP contribution in [-0.2, 0) is 15.8 Å². The van der Waals surface area contributed by atoms with Crippen LogP contribution in [0.15, 0.2) is 65.6 Å². The predicted molar refractivity (Wildman–Crippen MR) is 92.4 cm³/mol. The summed E-state index contributed by atoms with van der Waals surface area (Å²) >= 11 is 1.40. The third kappa shape index (κ3) is 5.47. The molecule has 0 bridgehead atoms. The van der Waals surface area contributed by atoms with Crippen LogP contribution >= 0.6 is 19.6 Å². The summed E-state index contributed by atoms with van der Waals surface area (Å²) in [5, 5.41) is 19.8. The summed E-state index contributed by atoms with van der Waals surface area (Å²) in [4.78, 5) is 12.4. The number of aliphatic carboxylic acids is 1. The van der Waals surface area contributed by atoms with Crippen molar-refractivity contribution in [3.63, 3.8) is 0 Å². The lowest BCUT2D eigenvalue weighted by molar-refractivity contribution is -0.155. The van der Waals surface area contributed by atoms with Gasteiger partial charge in [0.15, 0.2) is 11.7 Å². The molecular formula is C17H18O4PS+. The molecule has 0 aliphatic heterocycles. The van der Waals surface area contributed by atoms with Crippen LogP contribution in [0.5, 0.6) is 0 Å². The maximum atomic E-state index is 12.2. The van der Waals surface area contributed by atoms with Crippen LogP contribution < -0.4 is 0 Å². The maximum absolute atomic E-state index is 12.2. The van der Waals surface area contributed by atoms with Gasteiger partial charge in [-0.05, 0) is 17.7 Å². The molecule has 2 atom stereocenters. The fraction of sp³-hybridized carbons (Fsp3) is 0.235. The molecule has 4 nitrogen and oxygen atoms in total. The summed E-state index contributed by atoms with van der Waals surface area (Å²) < 4.78 is 12.2. The van der Waals surface area contributed by atoms with E-state index < -0.39 is 19.4 Å². The molecule has 120 valence electrons. The second-order valence-electron chi connectivity index (χ2n) is 5.23. The first-order chi connectivity index (χ1) is 11.0. The van der Waals surface area contributed by atoms with E-state index in [4.69, 9.17) is 0 Å². The quantitative estimate of drug-likeness (QED) is 0.562. The van der Waals surface area contributed by atoms with E-state index >= 15 is 0 Å². The number of benzene rings is 2. The van der Waals surface area contributed by atoms with E-state index in [0.717, 1.165) is 4.90 Å². The molecule has 2 rings (SSSR count). The van der Waals surface area contributed by atoms with E-state index in [2.05, 4.69) is 0 Å². The second kappa shape index (κ2) is 8.25. The molecule has 6 heteroatoms. The van der Waals surface area contributed by atoms with E-state index in [-0.39, 0.29) is 18.1 Å². The van der Waals surface area contributed by atoms with E-state index in [1.165, 1.54) is 11.8 Å². The minimum absolute atomic E-state index is 0.0553. The number of carboxylic acids is 1. The molecule has 0 radical (unpaired) electrons. The molecule has 2 N–H and O–H groups in total. The Morgan fingerprint density at radius 2 is 1.61 bits per heavy atom. The molecule has 0 aromatic heterocycles. The molecular weight excluding hydrogens is 331 g/mol. The van der Waals surface area contributed by atoms with Gasteiger partial charge in [-0.25, -0.2) is 4.79 Å². The van der Waals surface area contributed by atoms with Crippen molar-refractivity contribution in [2.24, 2.45) is 0 Å². The van der Waals surface area contributed by atoms with Crippen LogP contribution in [0.1, 0.15) is 5.56 Å². The summed E-state index contributed by atoms with van der Waals surface area (Å²) in [6.45, 7) is 0. The topological polar surface area (TPSA) is 74.6 Å². The summed E-state index contributed by atoms with van der Waals surface area (Å²) in [6, 6.07) is 18.4. The summed E-state index contributed by atoms with van der Waals surface area (Å²) in [6.07, 6.45) is -0.313. The highest BCUT2D eigenvalue weighted by atomic mass is 32.2. The van der Waals surface area contributed by atoms with Gasteiger partial charge < -0.3 is 10.2 Å². The molecule has 23 heavy (non-hydrogen) atoms. The Balaban J connectivity index is 1.98. The molecule has 0 saturated heterocycles. The minimum atomic E-state index is -2.01. The highest BCUT2D eigenvalue weighted by Crippen LogP contribution is 2.35. The Hall–Kier alpha value is -1.68. The lowest BCUT2D eigenvalue weighted by Gasteiger charge is -2.18. The van der Waals surface area contributed by atoms with Gasteiger partial charge in [-0.1, -0.05) is 64.9 Å². The third-order valence-electron chi connectivity index (χ3n) is 3.29. The molecule has 0 heterocycles. The Morgan fingerprint density at radius 3 is 2.17 bits per heavy atom. The van der Waals surface area contributed by atoms with Gasteiger partial charge in [-0.2, -0.15) is 0 Å². The number of thioether (sulfide) groups is 1. The first-order valence-corrected chi connectivity index (χ1v) is 9.71. The molecule has 0 saturated carbocycles. The zero-order valence-corrected chi connectivity index (χ0v) is 14.2. The van der Waals surface area contributed by atoms with Crippen LogP contribution in [0.2, 0.25) is 0 Å². The van der Waals surface area contributed by atoms with E-state index in [1.54, 1.807) is 24.3 Å². The van der Waals surface area contributed by atoms with Crippen molar-refractivity contribution in [1.82, 2.24) is 0 Å². The molecule has 2 unspecified atom stereocenters. The zero-order chi connectivity index (χ0) is 16.7. The highest BCUT2D eigenvalue weighted by molar-refractivity contribution is 8.03. The van der Waals surface area contributed by atoms with Crippen molar-refractivity contribution < 1.29 is 19.6 Å². The van der Waals surface area contributed by atoms with Crippen molar-refractivity contribution >= 4 is 25.5 Å². The van der Waals surface area contributed by atoms with Crippen LogP contribution in [0, 0.1) is 0 Å². The van der Waals surface area contributed by atoms with Gasteiger partial charge >= 0.3 is 13.8 Å². The van der Waals surface area contributed by atoms with E-state index in [9.17, 15) is 19.6 Å². The average Bonchev–Trinajstić information content (AvgIpc) is 2.54. The molecule has 0 fully saturated rings. The fourth-order valence-corrected chi connectivity index (χ4v) is 4.85. The lowest BCUT2D eigenvalue weighted by atomic mass is 9.97. The van der Waals surface area contributed by atoms with Gasteiger partial charge in [-0.15, -0.1) is 0 Å². The number of hydrogen-bond acceptors (Lipinski definition) is 4. The van der Waals surface area contributed by atoms with Crippen LogP contribution in [0.4, 0.5) is 0 Å². The Kier molecular flexibility index (Phi) is 6.34. The number of rotatable bonds is 8. The van der Waals surface area contributed by atoms with Crippen LogP contribution in [0.25, 0.3) is 0 Å². The fourth-order valence-electron chi connectivity index (χ4n) is 2.13. The van der Waals surface area contributed by atoms with Crippen molar-refractivity contribution in [1.29, 1.82) is 0 Å². The van der Waals surface area contributed by atoms with Gasteiger partial charge in [0.05, 0.1) is 0 Å². The van der Waals surface area contributed by atoms with Gasteiger partial charge in [0, 0.05) is 11.3 Å². The highest BCUT2D eigenvalue weighted by Gasteiger charge is 2.43. The number of carboxylic acid groups (broad SMARTS) is 1. The number of hydrogen-bond donors (Lipinski definition) is 2. The van der Waals surface area contributed by atoms with E-state index in [1.807, 2.05) is 36.4 Å². The smallest absolute Gasteiger partial charge is 0.353 e. The van der Waals surface area contributed by atoms with E-state index in [0.29, 0.717) is 5.56 Å². The monoisotopic (exact) mass is 349 g/mol. The molecule has 0 aliphatic rings. The summed E-state index contributed by atoms with van der Waals surface area (Å²) in [5.74, 6) is -1.34. The van der Waals surface area contributed by atoms with Gasteiger partial charge in [0.2, 0.25) is 5.60 Å². The summed E-state index contributed by atoms with van der Waals surface area (Å²) in [7, 11) is -1.84. The standard InChI is InChI=1S/C17H17O4PS/c18-16(19)17(20,11-14-7-3-1-4-8-14)12-22(21)13-23-15-9-5-2-6-10-15/h1-10,20H,11-13H2/p+1. The first-order valence-electron chi connectivity index (χ1n) is 7.09. The maximum Gasteiger partial charge on any atom is 0.353 e. The Bertz CT molecular complexity index is 663. The largest absolute Gasteiger partial charge is 0.479 e. The average molecular weight is 349 g/mol. The third-order valence-corrected chi connectivity index (χ3v) is 6.44. The molecule has 0 spiro atoms. The first kappa shape index (κ1) is 17.7. The second-order valence-corrected chi connectivity index (χ2v) is 8.30. The van der Waals surface area contributed by atoms with Gasteiger partial charge in [0.25, 0.3) is 0 Å². The predicted octanol–water partition coefficient (Wildman–Crippen LogP) is 3.62. The van der Waals surface area contributed by atoms with Crippen molar-refractivity contribution in [3.05, 3.63) is 66.2 Å². The number of aliphatic hydroxyl groups is 1. The summed E-state index contributed by atoms with van der Waals surface area (Å²) in [5.41, 5.74) is -1.02.